The van der Waals surface area contributed by atoms with Crippen LogP contribution >= 0.6 is 23.2 Å². The molecule has 1 N–H and O–H groups in total. The number of amides is 3. The van der Waals surface area contributed by atoms with Gasteiger partial charge in [-0.15, -0.1) is 0 Å². The second-order valence-corrected chi connectivity index (χ2v) is 13.9. The molecular formula is C31H33Cl2N3O5S. The van der Waals surface area contributed by atoms with Gasteiger partial charge in [0.15, 0.2) is 0 Å². The Morgan fingerprint density at radius 2 is 1.64 bits per heavy atom. The summed E-state index contributed by atoms with van der Waals surface area (Å²) in [6.07, 6.45) is 0.213. The third kappa shape index (κ3) is 7.32. The van der Waals surface area contributed by atoms with E-state index in [1.54, 1.807) is 30.3 Å². The normalized spacial score (nSPS) is 14.8. The van der Waals surface area contributed by atoms with E-state index in [0.29, 0.717) is 15.6 Å². The minimum Gasteiger partial charge on any atom is -0.350 e. The molecule has 0 fully saturated rings. The number of halogens is 2. The van der Waals surface area contributed by atoms with Crippen LogP contribution in [0.1, 0.15) is 55.1 Å². The number of carbonyl (C=O) groups excluding carboxylic acids is 3. The first-order valence-corrected chi connectivity index (χ1v) is 15.7. The Morgan fingerprint density at radius 3 is 2.29 bits per heavy atom. The van der Waals surface area contributed by atoms with Gasteiger partial charge in [-0.1, -0.05) is 71.7 Å². The lowest BCUT2D eigenvalue weighted by Gasteiger charge is -2.34. The van der Waals surface area contributed by atoms with Gasteiger partial charge in [0.1, 0.15) is 10.9 Å². The molecule has 1 atom stereocenters. The monoisotopic (exact) mass is 629 g/mol. The Morgan fingerprint density at radius 1 is 0.976 bits per heavy atom. The molecule has 0 unspecified atom stereocenters. The summed E-state index contributed by atoms with van der Waals surface area (Å²) in [5, 5.41) is 3.78. The zero-order chi connectivity index (χ0) is 30.7. The molecule has 0 aliphatic carbocycles. The maximum absolute atomic E-state index is 13.9. The molecule has 11 heteroatoms. The van der Waals surface area contributed by atoms with Crippen molar-refractivity contribution in [1.29, 1.82) is 0 Å². The van der Waals surface area contributed by atoms with E-state index in [1.807, 2.05) is 51.1 Å². The fourth-order valence-corrected chi connectivity index (χ4v) is 6.89. The first-order chi connectivity index (χ1) is 19.8. The van der Waals surface area contributed by atoms with Crippen molar-refractivity contribution in [2.75, 3.05) is 6.54 Å². The zero-order valence-electron chi connectivity index (χ0n) is 23.6. The molecule has 8 nitrogen and oxygen atoms in total. The van der Waals surface area contributed by atoms with Crippen LogP contribution in [0.4, 0.5) is 0 Å². The summed E-state index contributed by atoms with van der Waals surface area (Å²) >= 11 is 12.6. The summed E-state index contributed by atoms with van der Waals surface area (Å²) in [4.78, 5) is 41.8. The topological polar surface area (TPSA) is 104 Å². The zero-order valence-corrected chi connectivity index (χ0v) is 26.0. The van der Waals surface area contributed by atoms with Crippen LogP contribution in [0, 0.1) is 0 Å². The molecule has 1 aliphatic rings. The van der Waals surface area contributed by atoms with Crippen LogP contribution in [0.25, 0.3) is 0 Å². The van der Waals surface area contributed by atoms with Crippen LogP contribution in [0.15, 0.2) is 77.7 Å². The van der Waals surface area contributed by atoms with Crippen molar-refractivity contribution >= 4 is 50.9 Å². The number of carbonyl (C=O) groups is 3. The average molecular weight is 631 g/mol. The summed E-state index contributed by atoms with van der Waals surface area (Å²) in [7, 11) is -4.00. The van der Waals surface area contributed by atoms with Crippen LogP contribution < -0.4 is 5.32 Å². The highest BCUT2D eigenvalue weighted by Crippen LogP contribution is 2.30. The lowest BCUT2D eigenvalue weighted by molar-refractivity contribution is -0.142. The minimum atomic E-state index is -4.00. The molecule has 0 bridgehead atoms. The maximum atomic E-state index is 13.9. The van der Waals surface area contributed by atoms with Gasteiger partial charge in [-0.25, -0.2) is 12.7 Å². The SMILES string of the molecule is CC(C)(C)NC(=O)[C@H](Cc1ccccc1)N(Cc1ccc(Cl)cc1Cl)C(=O)CCCN1C(=O)c2ccccc2S1(=O)=O. The van der Waals surface area contributed by atoms with Gasteiger partial charge >= 0.3 is 0 Å². The predicted molar refractivity (Wildman–Crippen MR) is 163 cm³/mol. The van der Waals surface area contributed by atoms with Crippen molar-refractivity contribution in [1.82, 2.24) is 14.5 Å². The minimum absolute atomic E-state index is 0.0241. The van der Waals surface area contributed by atoms with Gasteiger partial charge in [0.2, 0.25) is 11.8 Å². The molecule has 0 spiro atoms. The Labute approximate surface area is 256 Å². The summed E-state index contributed by atoms with van der Waals surface area (Å²) in [5.74, 6) is -1.33. The fraction of sp³-hybridized carbons (Fsp3) is 0.323. The first kappa shape index (κ1) is 31.5. The van der Waals surface area contributed by atoms with Gasteiger partial charge < -0.3 is 10.2 Å². The summed E-state index contributed by atoms with van der Waals surface area (Å²) in [6.45, 7) is 5.43. The number of hydrogen-bond donors (Lipinski definition) is 1. The van der Waals surface area contributed by atoms with Crippen LogP contribution in [0.5, 0.6) is 0 Å². The standard InChI is InChI=1S/C31H33Cl2N3O5S/c1-31(2,3)34-29(38)26(18-21-10-5-4-6-11-21)35(20-22-15-16-23(32)19-25(22)33)28(37)14-9-17-36-30(39)24-12-7-8-13-27(24)42(36,40)41/h4-8,10-13,15-16,19,26H,9,14,17-18,20H2,1-3H3,(H,34,38)/t26-/m0/s1. The molecule has 42 heavy (non-hydrogen) atoms. The highest BCUT2D eigenvalue weighted by molar-refractivity contribution is 7.90. The van der Waals surface area contributed by atoms with Crippen LogP contribution in [0.2, 0.25) is 10.0 Å². The Kier molecular flexibility index (Phi) is 9.65. The Bertz CT molecular complexity index is 1590. The molecule has 1 heterocycles. The van der Waals surface area contributed by atoms with Crippen LogP contribution in [-0.2, 0) is 32.6 Å². The largest absolute Gasteiger partial charge is 0.350 e. The summed E-state index contributed by atoms with van der Waals surface area (Å²) in [6, 6.07) is 19.4. The van der Waals surface area contributed by atoms with E-state index in [9.17, 15) is 22.8 Å². The van der Waals surface area contributed by atoms with E-state index in [1.165, 1.54) is 17.0 Å². The van der Waals surface area contributed by atoms with Crippen molar-refractivity contribution in [2.45, 2.75) is 63.1 Å². The second kappa shape index (κ2) is 12.9. The lowest BCUT2D eigenvalue weighted by atomic mass is 10.00. The second-order valence-electron chi connectivity index (χ2n) is 11.2. The smallest absolute Gasteiger partial charge is 0.269 e. The van der Waals surface area contributed by atoms with Crippen LogP contribution in [0.3, 0.4) is 0 Å². The van der Waals surface area contributed by atoms with Gasteiger partial charge in [-0.2, -0.15) is 0 Å². The predicted octanol–water partition coefficient (Wildman–Crippen LogP) is 5.47. The van der Waals surface area contributed by atoms with Gasteiger partial charge in [0.25, 0.3) is 15.9 Å². The summed E-state index contributed by atoms with van der Waals surface area (Å²) in [5.41, 5.74) is 1.02. The first-order valence-electron chi connectivity index (χ1n) is 13.5. The molecule has 0 saturated carbocycles. The van der Waals surface area contributed by atoms with Gasteiger partial charge in [0.05, 0.1) is 5.56 Å². The lowest BCUT2D eigenvalue weighted by Crippen LogP contribution is -2.54. The third-order valence-electron chi connectivity index (χ3n) is 6.79. The molecule has 222 valence electrons. The Balaban J connectivity index is 1.61. The number of rotatable bonds is 10. The van der Waals surface area contributed by atoms with E-state index >= 15 is 0 Å². The third-order valence-corrected chi connectivity index (χ3v) is 9.22. The molecular weight excluding hydrogens is 597 g/mol. The van der Waals surface area contributed by atoms with Crippen molar-refractivity contribution in [2.24, 2.45) is 0 Å². The molecule has 3 aromatic carbocycles. The highest BCUT2D eigenvalue weighted by Gasteiger charge is 2.40. The van der Waals surface area contributed by atoms with Gasteiger partial charge in [-0.05, 0) is 62.6 Å². The number of benzene rings is 3. The van der Waals surface area contributed by atoms with Gasteiger partial charge in [0, 0.05) is 41.5 Å². The number of sulfonamides is 1. The van der Waals surface area contributed by atoms with Crippen molar-refractivity contribution in [3.8, 4) is 0 Å². The van der Waals surface area contributed by atoms with Gasteiger partial charge in [-0.3, -0.25) is 14.4 Å². The number of fused-ring (bicyclic) bond motifs is 1. The van der Waals surface area contributed by atoms with E-state index in [2.05, 4.69) is 5.32 Å². The molecule has 3 aromatic rings. The van der Waals surface area contributed by atoms with E-state index in [4.69, 9.17) is 23.2 Å². The highest BCUT2D eigenvalue weighted by atomic mass is 35.5. The molecule has 0 aromatic heterocycles. The van der Waals surface area contributed by atoms with Crippen molar-refractivity contribution in [3.63, 3.8) is 0 Å². The van der Waals surface area contributed by atoms with Crippen molar-refractivity contribution < 1.29 is 22.8 Å². The molecule has 1 aliphatic heterocycles. The fourth-order valence-electron chi connectivity index (χ4n) is 4.81. The van der Waals surface area contributed by atoms with Crippen LogP contribution in [-0.4, -0.2) is 53.5 Å². The van der Waals surface area contributed by atoms with E-state index in [-0.39, 0.29) is 54.6 Å². The maximum Gasteiger partial charge on any atom is 0.269 e. The Hall–Kier alpha value is -3.40. The van der Waals surface area contributed by atoms with E-state index < -0.39 is 27.5 Å². The molecule has 3 amide bonds. The average Bonchev–Trinajstić information content (AvgIpc) is 3.11. The quantitative estimate of drug-likeness (QED) is 0.320. The number of hydrogen-bond acceptors (Lipinski definition) is 5. The number of nitrogens with zero attached hydrogens (tertiary/aromatic N) is 2. The van der Waals surface area contributed by atoms with Crippen molar-refractivity contribution in [3.05, 3.63) is 99.5 Å². The molecule has 0 saturated heterocycles. The summed E-state index contributed by atoms with van der Waals surface area (Å²) < 4.78 is 26.8. The number of nitrogens with one attached hydrogen (secondary N) is 1. The molecule has 4 rings (SSSR count). The molecule has 0 radical (unpaired) electrons. The van der Waals surface area contributed by atoms with E-state index in [0.717, 1.165) is 9.87 Å².